The van der Waals surface area contributed by atoms with Crippen LogP contribution >= 0.6 is 0 Å². The van der Waals surface area contributed by atoms with Crippen molar-refractivity contribution in [3.63, 3.8) is 0 Å². The Morgan fingerprint density at radius 1 is 1.32 bits per heavy atom. The fourth-order valence-corrected chi connectivity index (χ4v) is 2.77. The molecule has 1 saturated carbocycles. The molecule has 1 atom stereocenters. The van der Waals surface area contributed by atoms with Gasteiger partial charge in [-0.3, -0.25) is 0 Å². The topological polar surface area (TPSA) is 32.3 Å². The first kappa shape index (κ1) is 14.5. The van der Waals surface area contributed by atoms with Gasteiger partial charge in [-0.2, -0.15) is 0 Å². The van der Waals surface area contributed by atoms with Crippen molar-refractivity contribution in [1.29, 1.82) is 0 Å². The van der Waals surface area contributed by atoms with Gasteiger partial charge in [-0.25, -0.2) is 4.39 Å². The maximum atomic E-state index is 13.2. The molecular formula is C16H24FNO. The van der Waals surface area contributed by atoms with Crippen LogP contribution in [0.1, 0.15) is 55.8 Å². The standard InChI is InChI=1S/C16H24FNO/c1-12-11-13(7-8-15(12)17)16(19)9-10-18-14-5-3-2-4-6-14/h7-8,11,14,16,18-19H,2-6,9-10H2,1H3. The van der Waals surface area contributed by atoms with Crippen LogP contribution in [0.3, 0.4) is 0 Å². The van der Waals surface area contributed by atoms with Gasteiger partial charge in [0.15, 0.2) is 0 Å². The van der Waals surface area contributed by atoms with Crippen LogP contribution in [0.15, 0.2) is 18.2 Å². The molecule has 1 unspecified atom stereocenters. The van der Waals surface area contributed by atoms with Crippen LogP contribution in [0, 0.1) is 12.7 Å². The Balaban J connectivity index is 1.76. The second kappa shape index (κ2) is 7.01. The van der Waals surface area contributed by atoms with Crippen LogP contribution in [0.4, 0.5) is 4.39 Å². The highest BCUT2D eigenvalue weighted by atomic mass is 19.1. The third kappa shape index (κ3) is 4.29. The van der Waals surface area contributed by atoms with Crippen LogP contribution in [0.25, 0.3) is 0 Å². The first-order valence-corrected chi connectivity index (χ1v) is 7.34. The van der Waals surface area contributed by atoms with Gasteiger partial charge in [0, 0.05) is 6.04 Å². The summed E-state index contributed by atoms with van der Waals surface area (Å²) in [6, 6.07) is 5.47. The molecule has 2 rings (SSSR count). The monoisotopic (exact) mass is 265 g/mol. The summed E-state index contributed by atoms with van der Waals surface area (Å²) in [6.45, 7) is 2.55. The van der Waals surface area contributed by atoms with Crippen LogP contribution in [0.5, 0.6) is 0 Å². The highest BCUT2D eigenvalue weighted by Gasteiger charge is 2.14. The number of hydrogen-bond donors (Lipinski definition) is 2. The van der Waals surface area contributed by atoms with E-state index in [1.807, 2.05) is 0 Å². The minimum Gasteiger partial charge on any atom is -0.388 e. The summed E-state index contributed by atoms with van der Waals surface area (Å²) in [5.41, 5.74) is 1.40. The Morgan fingerprint density at radius 2 is 2.05 bits per heavy atom. The molecule has 106 valence electrons. The van der Waals surface area contributed by atoms with Gasteiger partial charge in [-0.05, 0) is 49.9 Å². The van der Waals surface area contributed by atoms with E-state index in [1.54, 1.807) is 19.1 Å². The van der Waals surface area contributed by atoms with Crippen LogP contribution in [-0.4, -0.2) is 17.7 Å². The molecule has 19 heavy (non-hydrogen) atoms. The molecule has 0 amide bonds. The van der Waals surface area contributed by atoms with E-state index in [0.717, 1.165) is 12.1 Å². The number of hydrogen-bond acceptors (Lipinski definition) is 2. The van der Waals surface area contributed by atoms with Gasteiger partial charge in [0.05, 0.1) is 6.10 Å². The van der Waals surface area contributed by atoms with Gasteiger partial charge in [-0.15, -0.1) is 0 Å². The van der Waals surface area contributed by atoms with E-state index in [-0.39, 0.29) is 5.82 Å². The summed E-state index contributed by atoms with van der Waals surface area (Å²) in [4.78, 5) is 0. The Hall–Kier alpha value is -0.930. The predicted octanol–water partition coefficient (Wildman–Crippen LogP) is 3.48. The van der Waals surface area contributed by atoms with Crippen LogP contribution in [-0.2, 0) is 0 Å². The number of nitrogens with one attached hydrogen (secondary N) is 1. The molecule has 0 aliphatic heterocycles. The first-order chi connectivity index (χ1) is 9.16. The van der Waals surface area contributed by atoms with E-state index in [0.29, 0.717) is 18.0 Å². The minimum absolute atomic E-state index is 0.212. The van der Waals surface area contributed by atoms with E-state index in [9.17, 15) is 9.50 Å². The van der Waals surface area contributed by atoms with Gasteiger partial charge in [-0.1, -0.05) is 31.4 Å². The van der Waals surface area contributed by atoms with Crippen molar-refractivity contribution in [2.24, 2.45) is 0 Å². The summed E-state index contributed by atoms with van der Waals surface area (Å²) in [5, 5.41) is 13.6. The third-order valence-electron chi connectivity index (χ3n) is 4.02. The molecule has 3 heteroatoms. The normalized spacial score (nSPS) is 18.5. The maximum Gasteiger partial charge on any atom is 0.126 e. The fraction of sp³-hybridized carbons (Fsp3) is 0.625. The van der Waals surface area contributed by atoms with Gasteiger partial charge >= 0.3 is 0 Å². The third-order valence-corrected chi connectivity index (χ3v) is 4.02. The average Bonchev–Trinajstić information content (AvgIpc) is 2.43. The second-order valence-electron chi connectivity index (χ2n) is 5.60. The molecule has 0 saturated heterocycles. The van der Waals surface area contributed by atoms with E-state index in [1.165, 1.54) is 38.2 Å². The van der Waals surface area contributed by atoms with Gasteiger partial charge < -0.3 is 10.4 Å². The number of halogens is 1. The van der Waals surface area contributed by atoms with Crippen molar-refractivity contribution in [3.05, 3.63) is 35.1 Å². The average molecular weight is 265 g/mol. The summed E-state index contributed by atoms with van der Waals surface area (Å²) in [5.74, 6) is -0.212. The number of benzene rings is 1. The smallest absolute Gasteiger partial charge is 0.126 e. The lowest BCUT2D eigenvalue weighted by molar-refractivity contribution is 0.164. The lowest BCUT2D eigenvalue weighted by Gasteiger charge is -2.23. The number of aliphatic hydroxyl groups excluding tert-OH is 1. The van der Waals surface area contributed by atoms with Gasteiger partial charge in [0.2, 0.25) is 0 Å². The van der Waals surface area contributed by atoms with E-state index in [4.69, 9.17) is 0 Å². The first-order valence-electron chi connectivity index (χ1n) is 7.34. The zero-order chi connectivity index (χ0) is 13.7. The Bertz CT molecular complexity index is 402. The lowest BCUT2D eigenvalue weighted by Crippen LogP contribution is -2.32. The van der Waals surface area contributed by atoms with Crippen molar-refractivity contribution in [3.8, 4) is 0 Å². The highest BCUT2D eigenvalue weighted by Crippen LogP contribution is 2.20. The molecule has 0 radical (unpaired) electrons. The van der Waals surface area contributed by atoms with Crippen molar-refractivity contribution in [1.82, 2.24) is 5.32 Å². The Labute approximate surface area is 115 Å². The Kier molecular flexibility index (Phi) is 5.34. The predicted molar refractivity (Wildman–Crippen MR) is 75.6 cm³/mol. The summed E-state index contributed by atoms with van der Waals surface area (Å²) in [7, 11) is 0. The van der Waals surface area contributed by atoms with Crippen LogP contribution in [0.2, 0.25) is 0 Å². The molecule has 2 nitrogen and oxygen atoms in total. The molecule has 0 spiro atoms. The fourth-order valence-electron chi connectivity index (χ4n) is 2.77. The molecule has 0 aromatic heterocycles. The van der Waals surface area contributed by atoms with Crippen molar-refractivity contribution in [2.45, 2.75) is 57.6 Å². The molecule has 1 aromatic rings. The number of aryl methyl sites for hydroxylation is 1. The summed E-state index contributed by atoms with van der Waals surface area (Å²) >= 11 is 0. The zero-order valence-electron chi connectivity index (χ0n) is 11.7. The number of aliphatic hydroxyl groups is 1. The summed E-state index contributed by atoms with van der Waals surface area (Å²) in [6.07, 6.45) is 6.68. The van der Waals surface area contributed by atoms with Crippen LogP contribution < -0.4 is 5.32 Å². The SMILES string of the molecule is Cc1cc(C(O)CCNC2CCCCC2)ccc1F. The maximum absolute atomic E-state index is 13.2. The molecule has 1 fully saturated rings. The molecule has 1 aliphatic rings. The highest BCUT2D eigenvalue weighted by molar-refractivity contribution is 5.25. The van der Waals surface area contributed by atoms with Crippen molar-refractivity contribution in [2.75, 3.05) is 6.54 Å². The van der Waals surface area contributed by atoms with Gasteiger partial charge in [0.25, 0.3) is 0 Å². The minimum atomic E-state index is -0.504. The van der Waals surface area contributed by atoms with Crippen molar-refractivity contribution >= 4 is 0 Å². The number of rotatable bonds is 5. The lowest BCUT2D eigenvalue weighted by atomic mass is 9.95. The molecule has 0 heterocycles. The zero-order valence-corrected chi connectivity index (χ0v) is 11.7. The van der Waals surface area contributed by atoms with Crippen molar-refractivity contribution < 1.29 is 9.50 Å². The second-order valence-corrected chi connectivity index (χ2v) is 5.60. The molecule has 0 bridgehead atoms. The molecular weight excluding hydrogens is 241 g/mol. The molecule has 1 aromatic carbocycles. The van der Waals surface area contributed by atoms with E-state index in [2.05, 4.69) is 5.32 Å². The van der Waals surface area contributed by atoms with E-state index < -0.39 is 6.10 Å². The largest absolute Gasteiger partial charge is 0.388 e. The molecule has 2 N–H and O–H groups in total. The van der Waals surface area contributed by atoms with E-state index >= 15 is 0 Å². The van der Waals surface area contributed by atoms with Gasteiger partial charge in [0.1, 0.15) is 5.82 Å². The quantitative estimate of drug-likeness (QED) is 0.854. The Morgan fingerprint density at radius 3 is 2.74 bits per heavy atom. The molecule has 1 aliphatic carbocycles. The summed E-state index contributed by atoms with van der Waals surface area (Å²) < 4.78 is 13.2.